The number of methoxy groups -OCH3 is 1. The summed E-state index contributed by atoms with van der Waals surface area (Å²) in [5.41, 5.74) is 5.01. The van der Waals surface area contributed by atoms with Gasteiger partial charge >= 0.3 is 0 Å². The number of likely N-dealkylation sites (tertiary alicyclic amines) is 1. The van der Waals surface area contributed by atoms with Gasteiger partial charge in [0, 0.05) is 35.9 Å². The predicted octanol–water partition coefficient (Wildman–Crippen LogP) is 4.81. The van der Waals surface area contributed by atoms with Crippen molar-refractivity contribution in [3.05, 3.63) is 23.4 Å². The van der Waals surface area contributed by atoms with Crippen molar-refractivity contribution >= 4 is 16.6 Å². The molecule has 5 heteroatoms. The normalized spacial score (nSPS) is 19.1. The van der Waals surface area contributed by atoms with Crippen molar-refractivity contribution in [3.63, 3.8) is 0 Å². The Morgan fingerprint density at radius 1 is 1.07 bits per heavy atom. The lowest BCUT2D eigenvalue weighted by Crippen LogP contribution is -2.22. The first kappa shape index (κ1) is 19.9. The average Bonchev–Trinajstić information content (AvgIpc) is 3.40. The van der Waals surface area contributed by atoms with Crippen molar-refractivity contribution < 1.29 is 9.47 Å². The van der Waals surface area contributed by atoms with E-state index in [-0.39, 0.29) is 0 Å². The molecule has 0 atom stereocenters. The Morgan fingerprint density at radius 2 is 1.93 bits per heavy atom. The molecule has 0 radical (unpaired) electrons. The summed E-state index contributed by atoms with van der Waals surface area (Å²) in [6, 6.07) is 4.23. The average molecular weight is 410 g/mol. The summed E-state index contributed by atoms with van der Waals surface area (Å²) in [6.07, 6.45) is 11.2. The Morgan fingerprint density at radius 3 is 2.70 bits per heavy atom. The Bertz CT molecular complexity index is 888. The van der Waals surface area contributed by atoms with Crippen molar-refractivity contribution in [2.45, 2.75) is 57.8 Å². The van der Waals surface area contributed by atoms with E-state index in [9.17, 15) is 0 Å². The maximum Gasteiger partial charge on any atom is 0.163 e. The van der Waals surface area contributed by atoms with E-state index in [0.717, 1.165) is 61.9 Å². The van der Waals surface area contributed by atoms with Gasteiger partial charge in [0.05, 0.1) is 19.2 Å². The van der Waals surface area contributed by atoms with E-state index in [0.29, 0.717) is 0 Å². The van der Waals surface area contributed by atoms with E-state index in [1.807, 2.05) is 0 Å². The number of ether oxygens (including phenoxy) is 2. The first-order valence-corrected chi connectivity index (χ1v) is 11.9. The molecule has 0 unspecified atom stereocenters. The van der Waals surface area contributed by atoms with Crippen molar-refractivity contribution in [1.29, 1.82) is 0 Å². The third-order valence-electron chi connectivity index (χ3n) is 7.16. The highest BCUT2D eigenvalue weighted by atomic mass is 16.5. The van der Waals surface area contributed by atoms with Gasteiger partial charge in [0.25, 0.3) is 0 Å². The van der Waals surface area contributed by atoms with E-state index >= 15 is 0 Å². The fourth-order valence-corrected chi connectivity index (χ4v) is 5.16. The summed E-state index contributed by atoms with van der Waals surface area (Å²) in [7, 11) is 1.74. The second-order valence-corrected chi connectivity index (χ2v) is 9.21. The molecule has 0 bridgehead atoms. The molecule has 1 saturated carbocycles. The number of anilines is 1. The second kappa shape index (κ2) is 9.01. The standard InChI is InChI=1S/C25H35N3O2/c1-29-23-15-20-22(16-24(23)30-14-6-13-28-11-2-3-12-28)27-21-10-5-9-19(21)25(20)26-17-18-7-4-8-18/h15-16,18H,2-14,17H2,1H3,(H,26,27). The van der Waals surface area contributed by atoms with Gasteiger partial charge in [-0.25, -0.2) is 0 Å². The van der Waals surface area contributed by atoms with Crippen LogP contribution in [0.5, 0.6) is 11.5 Å². The van der Waals surface area contributed by atoms with Crippen LogP contribution in [-0.4, -0.2) is 49.8 Å². The number of hydrogen-bond donors (Lipinski definition) is 1. The molecule has 0 spiro atoms. The summed E-state index contributed by atoms with van der Waals surface area (Å²) in [5, 5.41) is 4.98. The number of aryl methyl sites for hydroxylation is 1. The van der Waals surface area contributed by atoms with E-state index in [1.54, 1.807) is 7.11 Å². The monoisotopic (exact) mass is 409 g/mol. The lowest BCUT2D eigenvalue weighted by atomic mass is 9.85. The van der Waals surface area contributed by atoms with Gasteiger partial charge in [0.1, 0.15) is 0 Å². The van der Waals surface area contributed by atoms with Crippen LogP contribution >= 0.6 is 0 Å². The van der Waals surface area contributed by atoms with Gasteiger partial charge in [-0.1, -0.05) is 6.42 Å². The van der Waals surface area contributed by atoms with Crippen molar-refractivity contribution in [3.8, 4) is 11.5 Å². The molecule has 5 rings (SSSR count). The maximum atomic E-state index is 6.17. The van der Waals surface area contributed by atoms with Crippen molar-refractivity contribution in [2.24, 2.45) is 5.92 Å². The number of nitrogens with zero attached hydrogens (tertiary/aromatic N) is 2. The molecule has 2 aliphatic carbocycles. The molecule has 2 fully saturated rings. The third-order valence-corrected chi connectivity index (χ3v) is 7.16. The molecule has 1 aromatic carbocycles. The number of hydrogen-bond acceptors (Lipinski definition) is 5. The fourth-order valence-electron chi connectivity index (χ4n) is 5.16. The van der Waals surface area contributed by atoms with E-state index in [4.69, 9.17) is 14.5 Å². The highest BCUT2D eigenvalue weighted by Crippen LogP contribution is 2.40. The summed E-state index contributed by atoms with van der Waals surface area (Å²) in [6.45, 7) is 5.39. The molecule has 3 aliphatic rings. The highest BCUT2D eigenvalue weighted by molar-refractivity contribution is 5.96. The first-order valence-electron chi connectivity index (χ1n) is 11.9. The van der Waals surface area contributed by atoms with Crippen LogP contribution in [-0.2, 0) is 12.8 Å². The number of aromatic nitrogens is 1. The molecule has 1 saturated heterocycles. The van der Waals surface area contributed by atoms with E-state index in [2.05, 4.69) is 22.3 Å². The summed E-state index contributed by atoms with van der Waals surface area (Å²) in [4.78, 5) is 7.55. The lowest BCUT2D eigenvalue weighted by Gasteiger charge is -2.27. The van der Waals surface area contributed by atoms with Gasteiger partial charge < -0.3 is 19.7 Å². The van der Waals surface area contributed by atoms with Crippen LogP contribution in [0.3, 0.4) is 0 Å². The Hall–Kier alpha value is -2.01. The van der Waals surface area contributed by atoms with E-state index in [1.165, 1.54) is 73.9 Å². The fraction of sp³-hybridized carbons (Fsp3) is 0.640. The Labute approximate surface area is 180 Å². The molecule has 30 heavy (non-hydrogen) atoms. The zero-order valence-corrected chi connectivity index (χ0v) is 18.3. The Balaban J connectivity index is 1.36. The number of fused-ring (bicyclic) bond motifs is 2. The maximum absolute atomic E-state index is 6.17. The number of rotatable bonds is 9. The van der Waals surface area contributed by atoms with Crippen LogP contribution in [0.4, 0.5) is 5.69 Å². The topological polar surface area (TPSA) is 46.6 Å². The van der Waals surface area contributed by atoms with Crippen molar-refractivity contribution in [2.75, 3.05) is 45.2 Å². The van der Waals surface area contributed by atoms with E-state index < -0.39 is 0 Å². The highest BCUT2D eigenvalue weighted by Gasteiger charge is 2.23. The van der Waals surface area contributed by atoms with Crippen LogP contribution in [0.25, 0.3) is 10.9 Å². The molecule has 2 heterocycles. The number of pyridine rings is 1. The van der Waals surface area contributed by atoms with Gasteiger partial charge in [0.15, 0.2) is 11.5 Å². The predicted molar refractivity (Wildman–Crippen MR) is 122 cm³/mol. The Kier molecular flexibility index (Phi) is 5.98. The molecule has 2 aromatic rings. The molecule has 1 aliphatic heterocycles. The second-order valence-electron chi connectivity index (χ2n) is 9.21. The van der Waals surface area contributed by atoms with Crippen LogP contribution in [0.2, 0.25) is 0 Å². The molecule has 5 nitrogen and oxygen atoms in total. The van der Waals surface area contributed by atoms with Crippen molar-refractivity contribution in [1.82, 2.24) is 9.88 Å². The van der Waals surface area contributed by atoms with Gasteiger partial charge in [-0.15, -0.1) is 0 Å². The minimum absolute atomic E-state index is 0.718. The van der Waals surface area contributed by atoms with Crippen LogP contribution < -0.4 is 14.8 Å². The number of benzene rings is 1. The summed E-state index contributed by atoms with van der Waals surface area (Å²) in [5.74, 6) is 2.46. The zero-order chi connectivity index (χ0) is 20.3. The first-order chi connectivity index (χ1) is 14.8. The molecule has 1 N–H and O–H groups in total. The smallest absolute Gasteiger partial charge is 0.163 e. The molecule has 0 amide bonds. The quantitative estimate of drug-likeness (QED) is 0.602. The molecular formula is C25H35N3O2. The molecule has 1 aromatic heterocycles. The minimum atomic E-state index is 0.718. The summed E-state index contributed by atoms with van der Waals surface area (Å²) < 4.78 is 11.9. The minimum Gasteiger partial charge on any atom is -0.493 e. The van der Waals surface area contributed by atoms with Crippen LogP contribution in [0.15, 0.2) is 12.1 Å². The molecular weight excluding hydrogens is 374 g/mol. The number of nitrogens with one attached hydrogen (secondary N) is 1. The van der Waals surface area contributed by atoms with Gasteiger partial charge in [-0.2, -0.15) is 0 Å². The third kappa shape index (κ3) is 4.09. The van der Waals surface area contributed by atoms with Gasteiger partial charge in [-0.3, -0.25) is 4.98 Å². The van der Waals surface area contributed by atoms with Gasteiger partial charge in [0.2, 0.25) is 0 Å². The summed E-state index contributed by atoms with van der Waals surface area (Å²) >= 11 is 0. The van der Waals surface area contributed by atoms with Gasteiger partial charge in [-0.05, 0) is 82.0 Å². The van der Waals surface area contributed by atoms with Crippen LogP contribution in [0, 0.1) is 5.92 Å². The largest absolute Gasteiger partial charge is 0.493 e. The van der Waals surface area contributed by atoms with Crippen LogP contribution in [0.1, 0.15) is 56.2 Å². The zero-order valence-electron chi connectivity index (χ0n) is 18.3. The molecule has 162 valence electrons. The lowest BCUT2D eigenvalue weighted by molar-refractivity contribution is 0.254. The SMILES string of the molecule is COc1cc2c(NCC3CCC3)c3c(nc2cc1OCCCN1CCCC1)CCC3.